The van der Waals surface area contributed by atoms with E-state index in [0.717, 1.165) is 36.8 Å². The summed E-state index contributed by atoms with van der Waals surface area (Å²) in [6.45, 7) is 5.70. The van der Waals surface area contributed by atoms with E-state index in [2.05, 4.69) is 65.1 Å². The number of aromatic nitrogens is 3. The monoisotopic (exact) mass is 389 g/mol. The van der Waals surface area contributed by atoms with Gasteiger partial charge < -0.3 is 9.88 Å². The summed E-state index contributed by atoms with van der Waals surface area (Å²) in [5.74, 6) is 1.35. The summed E-state index contributed by atoms with van der Waals surface area (Å²) in [6, 6.07) is 10.5. The van der Waals surface area contributed by atoms with Crippen LogP contribution in [0, 0.1) is 0 Å². The summed E-state index contributed by atoms with van der Waals surface area (Å²) in [4.78, 5) is 14.2. The number of hydrogen-bond donors (Lipinski definition) is 1. The first-order chi connectivity index (χ1) is 13.1. The SMILES string of the molecule is CCCCNC(=O)CSc1nnc([C@H](CC)N(C)C)n1Cc1ccccc1. The summed E-state index contributed by atoms with van der Waals surface area (Å²) >= 11 is 1.45. The zero-order valence-corrected chi connectivity index (χ0v) is 17.6. The van der Waals surface area contributed by atoms with Crippen LogP contribution in [0.4, 0.5) is 0 Å². The molecule has 0 saturated heterocycles. The fourth-order valence-corrected chi connectivity index (χ4v) is 3.71. The topological polar surface area (TPSA) is 63.1 Å². The molecule has 0 aliphatic carbocycles. The van der Waals surface area contributed by atoms with Gasteiger partial charge in [-0.3, -0.25) is 9.69 Å². The zero-order chi connectivity index (χ0) is 19.6. The Labute approximate surface area is 166 Å². The van der Waals surface area contributed by atoms with Crippen molar-refractivity contribution in [2.45, 2.75) is 50.9 Å². The number of amides is 1. The Morgan fingerprint density at radius 2 is 1.96 bits per heavy atom. The van der Waals surface area contributed by atoms with Gasteiger partial charge in [0, 0.05) is 6.54 Å². The molecule has 0 saturated carbocycles. The predicted molar refractivity (Wildman–Crippen MR) is 111 cm³/mol. The molecule has 1 amide bonds. The third-order valence-electron chi connectivity index (χ3n) is 4.42. The molecule has 6 nitrogen and oxygen atoms in total. The zero-order valence-electron chi connectivity index (χ0n) is 16.8. The minimum Gasteiger partial charge on any atom is -0.355 e. The number of rotatable bonds is 11. The minimum atomic E-state index is 0.0453. The summed E-state index contributed by atoms with van der Waals surface area (Å²) < 4.78 is 2.15. The highest BCUT2D eigenvalue weighted by Crippen LogP contribution is 2.26. The summed E-state index contributed by atoms with van der Waals surface area (Å²) in [5.41, 5.74) is 1.20. The van der Waals surface area contributed by atoms with Crippen molar-refractivity contribution in [1.82, 2.24) is 25.0 Å². The lowest BCUT2D eigenvalue weighted by Crippen LogP contribution is -2.26. The first kappa shape index (κ1) is 21.4. The number of carbonyl (C=O) groups excluding carboxylic acids is 1. The van der Waals surface area contributed by atoms with Crippen LogP contribution in [0.5, 0.6) is 0 Å². The fourth-order valence-electron chi connectivity index (χ4n) is 2.93. The van der Waals surface area contributed by atoms with Gasteiger partial charge in [-0.05, 0) is 32.5 Å². The van der Waals surface area contributed by atoms with Crippen LogP contribution in [0.25, 0.3) is 0 Å². The Balaban J connectivity index is 2.18. The lowest BCUT2D eigenvalue weighted by atomic mass is 10.2. The Morgan fingerprint density at radius 3 is 2.59 bits per heavy atom. The molecule has 2 aromatic rings. The average molecular weight is 390 g/mol. The number of unbranched alkanes of at least 4 members (excludes halogenated alkanes) is 1. The molecule has 148 valence electrons. The van der Waals surface area contributed by atoms with Gasteiger partial charge in [0.1, 0.15) is 0 Å². The van der Waals surface area contributed by atoms with Crippen molar-refractivity contribution in [1.29, 1.82) is 0 Å². The lowest BCUT2D eigenvalue weighted by molar-refractivity contribution is -0.118. The quantitative estimate of drug-likeness (QED) is 0.472. The normalized spacial score (nSPS) is 12.3. The molecule has 1 atom stereocenters. The van der Waals surface area contributed by atoms with Crippen molar-refractivity contribution in [2.75, 3.05) is 26.4 Å². The maximum absolute atomic E-state index is 12.1. The smallest absolute Gasteiger partial charge is 0.230 e. The van der Waals surface area contributed by atoms with E-state index in [0.29, 0.717) is 12.3 Å². The Hall–Kier alpha value is -1.86. The van der Waals surface area contributed by atoms with Crippen molar-refractivity contribution in [3.05, 3.63) is 41.7 Å². The highest BCUT2D eigenvalue weighted by molar-refractivity contribution is 7.99. The van der Waals surface area contributed by atoms with Gasteiger partial charge in [0.25, 0.3) is 0 Å². The standard InChI is InChI=1S/C20H31N5OS/c1-5-7-13-21-18(26)15-27-20-23-22-19(17(6-2)24(3)4)25(20)14-16-11-9-8-10-12-16/h8-12,17H,5-7,13-15H2,1-4H3,(H,21,26)/t17-/m0/s1. The van der Waals surface area contributed by atoms with Gasteiger partial charge in [0.15, 0.2) is 11.0 Å². The largest absolute Gasteiger partial charge is 0.355 e. The molecule has 7 heteroatoms. The van der Waals surface area contributed by atoms with Crippen molar-refractivity contribution in [3.8, 4) is 0 Å². The molecule has 0 bridgehead atoms. The van der Waals surface area contributed by atoms with Gasteiger partial charge in [0.2, 0.25) is 5.91 Å². The maximum atomic E-state index is 12.1. The second-order valence-corrected chi connectivity index (χ2v) is 7.73. The Bertz CT molecular complexity index is 702. The van der Waals surface area contributed by atoms with E-state index in [4.69, 9.17) is 0 Å². The third-order valence-corrected chi connectivity index (χ3v) is 5.39. The highest BCUT2D eigenvalue weighted by Gasteiger charge is 2.22. The molecule has 1 aromatic carbocycles. The minimum absolute atomic E-state index is 0.0453. The van der Waals surface area contributed by atoms with Gasteiger partial charge in [-0.25, -0.2) is 0 Å². The first-order valence-corrected chi connectivity index (χ1v) is 10.6. The average Bonchev–Trinajstić information content (AvgIpc) is 3.04. The van der Waals surface area contributed by atoms with E-state index in [-0.39, 0.29) is 11.9 Å². The van der Waals surface area contributed by atoms with Crippen LogP contribution >= 0.6 is 11.8 Å². The number of benzene rings is 1. The van der Waals surface area contributed by atoms with E-state index in [1.165, 1.54) is 17.3 Å². The van der Waals surface area contributed by atoms with Crippen LogP contribution in [0.2, 0.25) is 0 Å². The van der Waals surface area contributed by atoms with Crippen molar-refractivity contribution >= 4 is 17.7 Å². The molecule has 2 rings (SSSR count). The molecule has 27 heavy (non-hydrogen) atoms. The molecule has 0 aliphatic heterocycles. The maximum Gasteiger partial charge on any atom is 0.230 e. The molecule has 0 spiro atoms. The fraction of sp³-hybridized carbons (Fsp3) is 0.550. The van der Waals surface area contributed by atoms with Gasteiger partial charge in [-0.2, -0.15) is 0 Å². The number of hydrogen-bond acceptors (Lipinski definition) is 5. The van der Waals surface area contributed by atoms with Crippen LogP contribution < -0.4 is 5.32 Å². The van der Waals surface area contributed by atoms with Crippen LogP contribution in [-0.2, 0) is 11.3 Å². The molecular formula is C20H31N5OS. The van der Waals surface area contributed by atoms with Crippen molar-refractivity contribution < 1.29 is 4.79 Å². The molecule has 1 heterocycles. The van der Waals surface area contributed by atoms with Crippen molar-refractivity contribution in [3.63, 3.8) is 0 Å². The van der Waals surface area contributed by atoms with E-state index in [1.54, 1.807) is 0 Å². The molecule has 0 aliphatic rings. The van der Waals surface area contributed by atoms with Gasteiger partial charge in [-0.15, -0.1) is 10.2 Å². The molecular weight excluding hydrogens is 358 g/mol. The summed E-state index contributed by atoms with van der Waals surface area (Å²) in [6.07, 6.45) is 3.03. The molecule has 0 radical (unpaired) electrons. The summed E-state index contributed by atoms with van der Waals surface area (Å²) in [7, 11) is 4.12. The molecule has 0 unspecified atom stereocenters. The molecule has 1 aromatic heterocycles. The predicted octanol–water partition coefficient (Wildman–Crippen LogP) is 3.35. The number of nitrogens with zero attached hydrogens (tertiary/aromatic N) is 4. The van der Waals surface area contributed by atoms with Crippen LogP contribution in [0.1, 0.15) is 50.5 Å². The summed E-state index contributed by atoms with van der Waals surface area (Å²) in [5, 5.41) is 12.6. The highest BCUT2D eigenvalue weighted by atomic mass is 32.2. The number of nitrogens with one attached hydrogen (secondary N) is 1. The second-order valence-electron chi connectivity index (χ2n) is 6.79. The van der Waals surface area contributed by atoms with E-state index in [1.807, 2.05) is 18.2 Å². The Kier molecular flexibility index (Phi) is 8.81. The first-order valence-electron chi connectivity index (χ1n) is 9.59. The Morgan fingerprint density at radius 1 is 1.22 bits per heavy atom. The van der Waals surface area contributed by atoms with Crippen LogP contribution in [0.15, 0.2) is 35.5 Å². The second kappa shape index (κ2) is 11.1. The third kappa shape index (κ3) is 6.36. The lowest BCUT2D eigenvalue weighted by Gasteiger charge is -2.23. The van der Waals surface area contributed by atoms with Gasteiger partial charge >= 0.3 is 0 Å². The number of thioether (sulfide) groups is 1. The van der Waals surface area contributed by atoms with E-state index >= 15 is 0 Å². The van der Waals surface area contributed by atoms with Crippen LogP contribution in [-0.4, -0.2) is 52.0 Å². The number of carbonyl (C=O) groups is 1. The molecule has 1 N–H and O–H groups in total. The van der Waals surface area contributed by atoms with Crippen molar-refractivity contribution in [2.24, 2.45) is 0 Å². The molecule has 0 fully saturated rings. The van der Waals surface area contributed by atoms with E-state index < -0.39 is 0 Å². The van der Waals surface area contributed by atoms with Gasteiger partial charge in [0.05, 0.1) is 18.3 Å². The van der Waals surface area contributed by atoms with Gasteiger partial charge in [-0.1, -0.05) is 62.4 Å². The van der Waals surface area contributed by atoms with Crippen LogP contribution in [0.3, 0.4) is 0 Å². The van der Waals surface area contributed by atoms with E-state index in [9.17, 15) is 4.79 Å².